The van der Waals surface area contributed by atoms with Gasteiger partial charge in [-0.1, -0.05) is 29.3 Å². The number of nitrogens with zero attached hydrogens (tertiary/aromatic N) is 1. The van der Waals surface area contributed by atoms with E-state index in [1.54, 1.807) is 23.1 Å². The summed E-state index contributed by atoms with van der Waals surface area (Å²) in [4.78, 5) is 13.3. The topological polar surface area (TPSA) is 55.6 Å². The highest BCUT2D eigenvalue weighted by molar-refractivity contribution is 6.43. The minimum absolute atomic E-state index is 0.0254. The molecule has 0 aromatic heterocycles. The highest BCUT2D eigenvalue weighted by atomic mass is 35.5. The number of hydrogen-bond donors (Lipinski definition) is 1. The Labute approximate surface area is 109 Å². The second-order valence-corrected chi connectivity index (χ2v) is 4.70. The number of likely N-dealkylation sites (tertiary alicyclic amines) is 1. The van der Waals surface area contributed by atoms with Crippen molar-refractivity contribution < 1.29 is 9.53 Å². The molecule has 0 bridgehead atoms. The fourth-order valence-electron chi connectivity index (χ4n) is 1.67. The van der Waals surface area contributed by atoms with Gasteiger partial charge in [-0.2, -0.15) is 0 Å². The first kappa shape index (κ1) is 12.5. The van der Waals surface area contributed by atoms with Gasteiger partial charge in [-0.25, -0.2) is 4.79 Å². The van der Waals surface area contributed by atoms with E-state index in [0.717, 1.165) is 6.42 Å². The largest absolute Gasteiger partial charge is 0.415 e. The van der Waals surface area contributed by atoms with E-state index in [1.807, 2.05) is 0 Å². The molecule has 0 saturated carbocycles. The molecule has 2 rings (SSSR count). The van der Waals surface area contributed by atoms with Crippen LogP contribution in [0.2, 0.25) is 10.0 Å². The summed E-state index contributed by atoms with van der Waals surface area (Å²) in [6, 6.07) is 4.93. The quantitative estimate of drug-likeness (QED) is 0.856. The monoisotopic (exact) mass is 274 g/mol. The van der Waals surface area contributed by atoms with E-state index in [2.05, 4.69) is 0 Å². The summed E-state index contributed by atoms with van der Waals surface area (Å²) >= 11 is 11.7. The number of hydrogen-bond acceptors (Lipinski definition) is 3. The summed E-state index contributed by atoms with van der Waals surface area (Å²) in [6.45, 7) is 1.12. The van der Waals surface area contributed by atoms with Crippen molar-refractivity contribution in [1.82, 2.24) is 4.90 Å². The molecule has 92 valence electrons. The molecule has 0 spiro atoms. The van der Waals surface area contributed by atoms with E-state index in [4.69, 9.17) is 33.7 Å². The average Bonchev–Trinajstić information content (AvgIpc) is 2.72. The summed E-state index contributed by atoms with van der Waals surface area (Å²) in [5, 5.41) is 0.598. The third-order valence-corrected chi connectivity index (χ3v) is 3.40. The lowest BCUT2D eigenvalue weighted by molar-refractivity contribution is 0.162. The van der Waals surface area contributed by atoms with Crippen LogP contribution in [0.15, 0.2) is 18.2 Å². The summed E-state index contributed by atoms with van der Waals surface area (Å²) in [5.41, 5.74) is 5.71. The van der Waals surface area contributed by atoms with Crippen LogP contribution in [0.3, 0.4) is 0 Å². The molecule has 1 fully saturated rings. The van der Waals surface area contributed by atoms with Crippen LogP contribution in [-0.2, 0) is 0 Å². The lowest BCUT2D eigenvalue weighted by Crippen LogP contribution is -2.34. The number of carbonyl (C=O) groups excluding carboxylic acids is 1. The van der Waals surface area contributed by atoms with Crippen LogP contribution in [0.25, 0.3) is 0 Å². The molecule has 1 atom stereocenters. The summed E-state index contributed by atoms with van der Waals surface area (Å²) < 4.78 is 5.17. The van der Waals surface area contributed by atoms with Crippen molar-refractivity contribution in [2.45, 2.75) is 12.5 Å². The molecule has 2 N–H and O–H groups in total. The van der Waals surface area contributed by atoms with Crippen LogP contribution in [0, 0.1) is 0 Å². The number of rotatable bonds is 1. The van der Waals surface area contributed by atoms with Gasteiger partial charge >= 0.3 is 6.09 Å². The van der Waals surface area contributed by atoms with Gasteiger partial charge in [-0.15, -0.1) is 0 Å². The Morgan fingerprint density at radius 3 is 2.88 bits per heavy atom. The average molecular weight is 275 g/mol. The van der Waals surface area contributed by atoms with Gasteiger partial charge in [-0.3, -0.25) is 0 Å². The zero-order valence-corrected chi connectivity index (χ0v) is 10.5. The van der Waals surface area contributed by atoms with Crippen molar-refractivity contribution in [3.8, 4) is 5.75 Å². The fourth-order valence-corrected chi connectivity index (χ4v) is 2.01. The minimum atomic E-state index is -0.442. The molecule has 0 unspecified atom stereocenters. The molecule has 1 aromatic rings. The smallest absolute Gasteiger partial charge is 0.409 e. The number of benzene rings is 1. The standard InChI is InChI=1S/C11H12Cl2N2O2/c12-8-2-1-3-9(10(8)13)17-11(16)15-5-4-7(14)6-15/h1-3,7H,4-6,14H2/t7-/m1/s1. The number of carbonyl (C=O) groups is 1. The normalized spacial score (nSPS) is 19.5. The Bertz CT molecular complexity index is 439. The lowest BCUT2D eigenvalue weighted by Gasteiger charge is -2.16. The number of halogens is 2. The first-order chi connectivity index (χ1) is 8.08. The molecule has 0 aliphatic carbocycles. The van der Waals surface area contributed by atoms with Gasteiger partial charge < -0.3 is 15.4 Å². The Balaban J connectivity index is 2.06. The highest BCUT2D eigenvalue weighted by Gasteiger charge is 2.25. The highest BCUT2D eigenvalue weighted by Crippen LogP contribution is 2.31. The van der Waals surface area contributed by atoms with Crippen molar-refractivity contribution in [3.05, 3.63) is 28.2 Å². The van der Waals surface area contributed by atoms with Gasteiger partial charge in [0.2, 0.25) is 0 Å². The van der Waals surface area contributed by atoms with Crippen molar-refractivity contribution in [2.75, 3.05) is 13.1 Å². The van der Waals surface area contributed by atoms with Crippen LogP contribution >= 0.6 is 23.2 Å². The number of amides is 1. The Kier molecular flexibility index (Phi) is 3.76. The van der Waals surface area contributed by atoms with E-state index in [9.17, 15) is 4.79 Å². The summed E-state index contributed by atoms with van der Waals surface area (Å²) in [6.07, 6.45) is 0.348. The zero-order chi connectivity index (χ0) is 12.4. The van der Waals surface area contributed by atoms with E-state index < -0.39 is 6.09 Å². The molecule has 6 heteroatoms. The van der Waals surface area contributed by atoms with Crippen LogP contribution in [0.1, 0.15) is 6.42 Å². The van der Waals surface area contributed by atoms with E-state index in [1.165, 1.54) is 0 Å². The predicted molar refractivity (Wildman–Crippen MR) is 66.7 cm³/mol. The molecule has 1 aliphatic rings. The second kappa shape index (κ2) is 5.12. The zero-order valence-electron chi connectivity index (χ0n) is 9.03. The maximum Gasteiger partial charge on any atom is 0.415 e. The number of nitrogens with two attached hydrogens (primary N) is 1. The van der Waals surface area contributed by atoms with Gasteiger partial charge in [0, 0.05) is 19.1 Å². The van der Waals surface area contributed by atoms with Crippen molar-refractivity contribution >= 4 is 29.3 Å². The van der Waals surface area contributed by atoms with E-state index in [-0.39, 0.29) is 16.8 Å². The predicted octanol–water partition coefficient (Wildman–Crippen LogP) is 2.53. The Hall–Kier alpha value is -0.970. The fraction of sp³-hybridized carbons (Fsp3) is 0.364. The molecular formula is C11H12Cl2N2O2. The molecule has 0 radical (unpaired) electrons. The van der Waals surface area contributed by atoms with Gasteiger partial charge in [0.05, 0.1) is 5.02 Å². The number of ether oxygens (including phenoxy) is 1. The summed E-state index contributed by atoms with van der Waals surface area (Å²) in [7, 11) is 0. The third-order valence-electron chi connectivity index (χ3n) is 2.60. The molecular weight excluding hydrogens is 263 g/mol. The molecule has 1 heterocycles. The molecule has 17 heavy (non-hydrogen) atoms. The first-order valence-electron chi connectivity index (χ1n) is 5.24. The van der Waals surface area contributed by atoms with Crippen LogP contribution < -0.4 is 10.5 Å². The molecule has 1 aliphatic heterocycles. The summed E-state index contributed by atoms with van der Waals surface area (Å²) in [5.74, 6) is 0.268. The minimum Gasteiger partial charge on any atom is -0.409 e. The molecule has 1 amide bonds. The molecule has 1 aromatic carbocycles. The van der Waals surface area contributed by atoms with Crippen LogP contribution in [-0.4, -0.2) is 30.1 Å². The lowest BCUT2D eigenvalue weighted by atomic mass is 10.3. The van der Waals surface area contributed by atoms with Gasteiger partial charge in [-0.05, 0) is 18.6 Å². The van der Waals surface area contributed by atoms with Gasteiger partial charge in [0.25, 0.3) is 0 Å². The van der Waals surface area contributed by atoms with Gasteiger partial charge in [0.15, 0.2) is 5.75 Å². The van der Waals surface area contributed by atoms with E-state index in [0.29, 0.717) is 18.1 Å². The molecule has 1 saturated heterocycles. The first-order valence-corrected chi connectivity index (χ1v) is 6.00. The van der Waals surface area contributed by atoms with Crippen molar-refractivity contribution in [1.29, 1.82) is 0 Å². The maximum absolute atomic E-state index is 11.8. The SMILES string of the molecule is N[C@@H]1CCN(C(=O)Oc2cccc(Cl)c2Cl)C1. The van der Waals surface area contributed by atoms with Crippen LogP contribution in [0.5, 0.6) is 5.75 Å². The Morgan fingerprint density at radius 1 is 1.47 bits per heavy atom. The van der Waals surface area contributed by atoms with Crippen molar-refractivity contribution in [3.63, 3.8) is 0 Å². The maximum atomic E-state index is 11.8. The second-order valence-electron chi connectivity index (χ2n) is 3.91. The molecule has 4 nitrogen and oxygen atoms in total. The van der Waals surface area contributed by atoms with Crippen LogP contribution in [0.4, 0.5) is 4.79 Å². The van der Waals surface area contributed by atoms with Gasteiger partial charge in [0.1, 0.15) is 5.02 Å². The Morgan fingerprint density at radius 2 is 2.24 bits per heavy atom. The van der Waals surface area contributed by atoms with Crippen molar-refractivity contribution in [2.24, 2.45) is 5.73 Å². The van der Waals surface area contributed by atoms with E-state index >= 15 is 0 Å². The third kappa shape index (κ3) is 2.83.